The van der Waals surface area contributed by atoms with Crippen LogP contribution in [0.3, 0.4) is 0 Å². The van der Waals surface area contributed by atoms with Crippen LogP contribution in [0.1, 0.15) is 89.6 Å². The molecule has 3 fully saturated rings. The van der Waals surface area contributed by atoms with Crippen LogP contribution in [0.2, 0.25) is 0 Å². The first-order valence-corrected chi connectivity index (χ1v) is 17.8. The lowest BCUT2D eigenvalue weighted by Gasteiger charge is -2.66. The highest BCUT2D eigenvalue weighted by Gasteiger charge is 2.77. The van der Waals surface area contributed by atoms with Crippen molar-refractivity contribution in [3.05, 3.63) is 71.2 Å². The van der Waals surface area contributed by atoms with E-state index in [-0.39, 0.29) is 25.4 Å². The summed E-state index contributed by atoms with van der Waals surface area (Å²) in [5, 5.41) is 0. The van der Waals surface area contributed by atoms with E-state index < -0.39 is 88.4 Å². The van der Waals surface area contributed by atoms with Crippen molar-refractivity contribution in [3.63, 3.8) is 0 Å². The molecule has 1 aromatic carbocycles. The average Bonchev–Trinajstić information content (AvgIpc) is 3.82. The summed E-state index contributed by atoms with van der Waals surface area (Å²) < 4.78 is 42.5. The molecule has 1 aliphatic heterocycles. The minimum absolute atomic E-state index is 0.131. The third-order valence-electron chi connectivity index (χ3n) is 12.5. The molecule has 11 atom stereocenters. The van der Waals surface area contributed by atoms with Gasteiger partial charge in [-0.2, -0.15) is 0 Å². The molecule has 2 aromatic rings. The number of allylic oxidation sites excluding steroid dienone is 1. The van der Waals surface area contributed by atoms with E-state index >= 15 is 0 Å². The Morgan fingerprint density at radius 2 is 1.50 bits per heavy atom. The summed E-state index contributed by atoms with van der Waals surface area (Å²) in [6, 6.07) is 10.4. The van der Waals surface area contributed by atoms with Crippen molar-refractivity contribution in [2.75, 3.05) is 13.7 Å². The van der Waals surface area contributed by atoms with Crippen LogP contribution in [0.15, 0.2) is 64.5 Å². The fourth-order valence-corrected chi connectivity index (χ4v) is 10.6. The first-order chi connectivity index (χ1) is 24.6. The van der Waals surface area contributed by atoms with Crippen molar-refractivity contribution >= 4 is 29.8 Å². The normalized spacial score (nSPS) is 36.4. The summed E-state index contributed by atoms with van der Waals surface area (Å²) in [4.78, 5) is 66.1. The fraction of sp³-hybridized carbons (Fsp3) is 0.575. The number of rotatable bonds is 9. The molecular formula is C40H48O12. The van der Waals surface area contributed by atoms with Gasteiger partial charge in [-0.1, -0.05) is 44.5 Å². The molecule has 52 heavy (non-hydrogen) atoms. The van der Waals surface area contributed by atoms with E-state index in [9.17, 15) is 24.0 Å². The number of hydrogen-bond donors (Lipinski definition) is 0. The second-order valence-corrected chi connectivity index (χ2v) is 15.4. The van der Waals surface area contributed by atoms with Gasteiger partial charge in [0.05, 0.1) is 37.9 Å². The van der Waals surface area contributed by atoms with Crippen LogP contribution in [0.5, 0.6) is 0 Å². The van der Waals surface area contributed by atoms with Crippen molar-refractivity contribution in [1.29, 1.82) is 0 Å². The zero-order chi connectivity index (χ0) is 37.7. The lowest BCUT2D eigenvalue weighted by atomic mass is 9.39. The highest BCUT2D eigenvalue weighted by molar-refractivity contribution is 5.89. The van der Waals surface area contributed by atoms with E-state index in [1.807, 2.05) is 33.8 Å². The predicted molar refractivity (Wildman–Crippen MR) is 183 cm³/mol. The van der Waals surface area contributed by atoms with Gasteiger partial charge in [0, 0.05) is 61.7 Å². The number of furan rings is 1. The maximum Gasteiger partial charge on any atom is 0.338 e. The summed E-state index contributed by atoms with van der Waals surface area (Å²) in [6.07, 6.45) is -0.670. The molecule has 3 aliphatic carbocycles. The minimum Gasteiger partial charge on any atom is -0.472 e. The Morgan fingerprint density at radius 1 is 0.846 bits per heavy atom. The van der Waals surface area contributed by atoms with Crippen LogP contribution in [-0.2, 0) is 47.6 Å². The maximum absolute atomic E-state index is 14.2. The van der Waals surface area contributed by atoms with Gasteiger partial charge in [-0.05, 0) is 48.6 Å². The lowest BCUT2D eigenvalue weighted by molar-refractivity contribution is -0.256. The Hall–Kier alpha value is -4.45. The van der Waals surface area contributed by atoms with Crippen molar-refractivity contribution in [1.82, 2.24) is 0 Å². The van der Waals surface area contributed by atoms with Crippen molar-refractivity contribution < 1.29 is 56.8 Å². The molecule has 0 N–H and O–H groups in total. The molecule has 1 aromatic heterocycles. The highest BCUT2D eigenvalue weighted by atomic mass is 16.6. The van der Waals surface area contributed by atoms with Gasteiger partial charge in [-0.3, -0.25) is 19.2 Å². The molecule has 0 amide bonds. The second-order valence-electron chi connectivity index (χ2n) is 15.4. The fourth-order valence-electron chi connectivity index (χ4n) is 10.6. The Morgan fingerprint density at radius 3 is 2.10 bits per heavy atom. The number of hydrogen-bond acceptors (Lipinski definition) is 12. The molecule has 1 saturated heterocycles. The van der Waals surface area contributed by atoms with Crippen LogP contribution < -0.4 is 0 Å². The number of carbonyl (C=O) groups is 5. The average molecular weight is 721 g/mol. The quantitative estimate of drug-likeness (QED) is 0.176. The third-order valence-corrected chi connectivity index (χ3v) is 12.5. The van der Waals surface area contributed by atoms with Crippen molar-refractivity contribution in [2.45, 2.75) is 104 Å². The van der Waals surface area contributed by atoms with Gasteiger partial charge in [0.1, 0.15) is 24.4 Å². The molecular weight excluding hydrogens is 672 g/mol. The topological polar surface area (TPSA) is 154 Å². The SMILES string of the molecule is COC(=O)C[C@H]1[C@@](C)(C2=C(C)[C@@H](c3ccoc3)C[C@@H]2OC(C)=O)[C@@H](OC(=O)c2ccccc2)[C@@H]2OC[C@]3(C)[C@H](OC(C)=O)C[C@H](OC(C)=O)[C@@]1(C)[C@@H]23. The Labute approximate surface area is 303 Å². The van der Waals surface area contributed by atoms with Crippen LogP contribution in [0, 0.1) is 28.1 Å². The summed E-state index contributed by atoms with van der Waals surface area (Å²) in [5.41, 5.74) is -0.441. The number of ether oxygens (including phenoxy) is 6. The lowest BCUT2D eigenvalue weighted by Crippen LogP contribution is -2.72. The smallest absolute Gasteiger partial charge is 0.338 e. The summed E-state index contributed by atoms with van der Waals surface area (Å²) in [6.45, 7) is 12.0. The van der Waals surface area contributed by atoms with Gasteiger partial charge in [0.15, 0.2) is 0 Å². The zero-order valence-electron chi connectivity index (χ0n) is 31.0. The van der Waals surface area contributed by atoms with E-state index in [1.165, 1.54) is 27.9 Å². The molecule has 0 bridgehead atoms. The van der Waals surface area contributed by atoms with Crippen LogP contribution >= 0.6 is 0 Å². The standard InChI is InChI=1S/C40H48O12/c1-21-27(26-14-15-47-19-26)16-28(49-22(2)41)33(21)40(7)29(17-32(44)46-8)39(6)31(51-24(4)43)18-30(50-23(3)42)38(5)20-48-34(35(38)39)36(40)52-37(45)25-12-10-9-11-13-25/h9-15,19,27-31,34-36H,16-18,20H2,1-8H3/t27-,28-,29+,30+,31-,34+,35-,36-,38+,39-,40-/m0/s1. The Bertz CT molecular complexity index is 1750. The van der Waals surface area contributed by atoms with Crippen molar-refractivity contribution in [2.24, 2.45) is 28.1 Å². The molecule has 2 heterocycles. The second kappa shape index (κ2) is 13.8. The van der Waals surface area contributed by atoms with Gasteiger partial charge in [-0.15, -0.1) is 0 Å². The molecule has 2 saturated carbocycles. The number of esters is 5. The van der Waals surface area contributed by atoms with Gasteiger partial charge in [0.25, 0.3) is 0 Å². The van der Waals surface area contributed by atoms with Gasteiger partial charge >= 0.3 is 29.8 Å². The summed E-state index contributed by atoms with van der Waals surface area (Å²) in [5.74, 6) is -4.22. The molecule has 6 rings (SSSR count). The molecule has 12 nitrogen and oxygen atoms in total. The minimum atomic E-state index is -1.28. The Balaban J connectivity index is 1.65. The molecule has 280 valence electrons. The first kappa shape index (κ1) is 37.3. The molecule has 4 aliphatic rings. The van der Waals surface area contributed by atoms with Crippen LogP contribution in [-0.4, -0.2) is 74.1 Å². The third kappa shape index (κ3) is 6.02. The number of methoxy groups -OCH3 is 1. The van der Waals surface area contributed by atoms with Crippen molar-refractivity contribution in [3.8, 4) is 0 Å². The van der Waals surface area contributed by atoms with Gasteiger partial charge in [0.2, 0.25) is 0 Å². The van der Waals surface area contributed by atoms with Crippen LogP contribution in [0.4, 0.5) is 0 Å². The number of benzene rings is 1. The van der Waals surface area contributed by atoms with Gasteiger partial charge in [-0.25, -0.2) is 4.79 Å². The zero-order valence-corrected chi connectivity index (χ0v) is 31.0. The molecule has 12 heteroatoms. The van der Waals surface area contributed by atoms with Crippen LogP contribution in [0.25, 0.3) is 0 Å². The van der Waals surface area contributed by atoms with E-state index in [1.54, 1.807) is 42.9 Å². The Kier molecular flexibility index (Phi) is 9.93. The molecule has 0 unspecified atom stereocenters. The molecule has 0 radical (unpaired) electrons. The van der Waals surface area contributed by atoms with E-state index in [4.69, 9.17) is 32.8 Å². The van der Waals surface area contributed by atoms with E-state index in [0.29, 0.717) is 17.6 Å². The monoisotopic (exact) mass is 720 g/mol. The maximum atomic E-state index is 14.2. The van der Waals surface area contributed by atoms with E-state index in [0.717, 1.165) is 11.1 Å². The predicted octanol–water partition coefficient (Wildman–Crippen LogP) is 5.73. The summed E-state index contributed by atoms with van der Waals surface area (Å²) in [7, 11) is 1.31. The van der Waals surface area contributed by atoms with Gasteiger partial charge < -0.3 is 32.8 Å². The summed E-state index contributed by atoms with van der Waals surface area (Å²) >= 11 is 0. The first-order valence-electron chi connectivity index (χ1n) is 17.8. The number of carbonyl (C=O) groups excluding carboxylic acids is 5. The van der Waals surface area contributed by atoms with E-state index in [2.05, 4.69) is 0 Å². The largest absolute Gasteiger partial charge is 0.472 e. The highest BCUT2D eigenvalue weighted by Crippen LogP contribution is 2.72. The molecule has 0 spiro atoms.